The van der Waals surface area contributed by atoms with Gasteiger partial charge < -0.3 is 20.1 Å². The van der Waals surface area contributed by atoms with Crippen molar-refractivity contribution >= 4 is 35.7 Å². The lowest BCUT2D eigenvalue weighted by atomic mass is 10.2. The first kappa shape index (κ1) is 22.9. The molecule has 5 heterocycles. The Labute approximate surface area is 194 Å². The number of anilines is 1. The lowest BCUT2D eigenvalue weighted by molar-refractivity contribution is -0.116. The quantitative estimate of drug-likeness (QED) is 0.568. The van der Waals surface area contributed by atoms with Crippen molar-refractivity contribution < 1.29 is 14.0 Å². The molecule has 1 atom stereocenters. The van der Waals surface area contributed by atoms with Crippen LogP contribution in [-0.2, 0) is 24.3 Å². The summed E-state index contributed by atoms with van der Waals surface area (Å²) >= 11 is 0. The van der Waals surface area contributed by atoms with Crippen molar-refractivity contribution in [1.82, 2.24) is 29.4 Å². The van der Waals surface area contributed by atoms with Crippen LogP contribution in [0.5, 0.6) is 0 Å². The second kappa shape index (κ2) is 8.91. The smallest absolute Gasteiger partial charge is 0.280 e. The summed E-state index contributed by atoms with van der Waals surface area (Å²) in [5, 5.41) is 10.2. The Morgan fingerprint density at radius 3 is 2.82 bits per heavy atom. The Balaban J connectivity index is 0.00000259. The number of halogens is 2. The molecular weight excluding hydrogens is 453 g/mol. The highest BCUT2D eigenvalue weighted by Crippen LogP contribution is 2.26. The van der Waals surface area contributed by atoms with Gasteiger partial charge >= 0.3 is 0 Å². The molecule has 2 amide bonds. The zero-order valence-electron chi connectivity index (χ0n) is 17.9. The van der Waals surface area contributed by atoms with Crippen LogP contribution in [0, 0.1) is 5.82 Å². The molecule has 0 radical (unpaired) electrons. The molecule has 2 aliphatic rings. The van der Waals surface area contributed by atoms with Crippen LogP contribution in [0.25, 0.3) is 5.65 Å². The van der Waals surface area contributed by atoms with Crippen LogP contribution in [0.4, 0.5) is 10.2 Å². The molecule has 174 valence electrons. The van der Waals surface area contributed by atoms with Crippen LogP contribution in [0.1, 0.15) is 35.1 Å². The summed E-state index contributed by atoms with van der Waals surface area (Å²) in [6, 6.07) is 4.27. The minimum absolute atomic E-state index is 0. The number of aryl methyl sites for hydroxylation is 1. The highest BCUT2D eigenvalue weighted by molar-refractivity contribution is 5.98. The number of carbonyl (C=O) groups is 2. The van der Waals surface area contributed by atoms with Crippen molar-refractivity contribution in [2.24, 2.45) is 0 Å². The van der Waals surface area contributed by atoms with Gasteiger partial charge in [0.05, 0.1) is 24.0 Å². The zero-order chi connectivity index (χ0) is 22.4. The summed E-state index contributed by atoms with van der Waals surface area (Å²) < 4.78 is 15.9. The number of hydrogen-bond donors (Lipinski definition) is 2. The molecule has 0 unspecified atom stereocenters. The SMILES string of the molecule is CCc1cc2n(CC(=O)Nc3ccc(F)cn3)c3c(c(=O)n2n1)CN([C@H]1CCNC1)C3=O.Cl. The van der Waals surface area contributed by atoms with E-state index < -0.39 is 11.7 Å². The topological polar surface area (TPSA) is 114 Å². The van der Waals surface area contributed by atoms with Crippen molar-refractivity contribution in [2.45, 2.75) is 38.9 Å². The van der Waals surface area contributed by atoms with Crippen LogP contribution < -0.4 is 16.2 Å². The van der Waals surface area contributed by atoms with E-state index in [0.717, 1.165) is 19.2 Å². The molecule has 12 heteroatoms. The van der Waals surface area contributed by atoms with E-state index in [0.29, 0.717) is 29.9 Å². The maximum Gasteiger partial charge on any atom is 0.280 e. The standard InChI is InChI=1S/C21H22FN7O3.ClH/c1-2-13-7-18-28(11-17(30)25-16-4-3-12(22)8-24-16)19-15(20(31)29(18)26-13)10-27(21(19)32)14-5-6-23-9-14;/h3-4,7-8,14,23H,2,5-6,9-11H2,1H3,(H,24,25,30);1H/t14-;/m0./s1. The first-order chi connectivity index (χ1) is 15.5. The van der Waals surface area contributed by atoms with Crippen molar-refractivity contribution in [2.75, 3.05) is 18.4 Å². The molecule has 0 aliphatic carbocycles. The van der Waals surface area contributed by atoms with E-state index in [1.54, 1.807) is 15.5 Å². The average Bonchev–Trinajstić information content (AvgIpc) is 3.51. The maximum absolute atomic E-state index is 13.4. The average molecular weight is 476 g/mol. The monoisotopic (exact) mass is 475 g/mol. The van der Waals surface area contributed by atoms with E-state index in [-0.39, 0.29) is 54.5 Å². The Bertz CT molecular complexity index is 1280. The minimum Gasteiger partial charge on any atom is -0.328 e. The van der Waals surface area contributed by atoms with Gasteiger partial charge in [-0.25, -0.2) is 9.37 Å². The Kier molecular flexibility index (Phi) is 6.17. The highest BCUT2D eigenvalue weighted by Gasteiger charge is 2.39. The second-order valence-corrected chi connectivity index (χ2v) is 7.97. The van der Waals surface area contributed by atoms with Crippen LogP contribution in [0.15, 0.2) is 29.2 Å². The number of amides is 2. The van der Waals surface area contributed by atoms with Crippen molar-refractivity contribution in [3.05, 3.63) is 57.5 Å². The Morgan fingerprint density at radius 2 is 2.15 bits per heavy atom. The first-order valence-electron chi connectivity index (χ1n) is 10.5. The van der Waals surface area contributed by atoms with E-state index in [9.17, 15) is 18.8 Å². The van der Waals surface area contributed by atoms with Crippen molar-refractivity contribution in [3.8, 4) is 0 Å². The largest absolute Gasteiger partial charge is 0.328 e. The van der Waals surface area contributed by atoms with Crippen LogP contribution >= 0.6 is 12.4 Å². The molecule has 1 fully saturated rings. The predicted octanol–water partition coefficient (Wildman–Crippen LogP) is 0.971. The van der Waals surface area contributed by atoms with E-state index in [4.69, 9.17) is 0 Å². The maximum atomic E-state index is 13.4. The minimum atomic E-state index is -0.513. The molecule has 0 bridgehead atoms. The molecule has 2 aliphatic heterocycles. The lowest BCUT2D eigenvalue weighted by Gasteiger charge is -2.22. The highest BCUT2D eigenvalue weighted by atomic mass is 35.5. The number of aromatic nitrogens is 4. The number of rotatable bonds is 5. The molecule has 1 saturated heterocycles. The third kappa shape index (κ3) is 3.98. The summed E-state index contributed by atoms with van der Waals surface area (Å²) in [6.07, 6.45) is 2.42. The summed E-state index contributed by atoms with van der Waals surface area (Å²) in [6.45, 7) is 3.37. The number of nitrogens with one attached hydrogen (secondary N) is 2. The van der Waals surface area contributed by atoms with Gasteiger partial charge in [-0.05, 0) is 31.5 Å². The van der Waals surface area contributed by atoms with Crippen LogP contribution in [0.2, 0.25) is 0 Å². The molecule has 10 nitrogen and oxygen atoms in total. The fourth-order valence-corrected chi connectivity index (χ4v) is 4.34. The molecule has 5 rings (SSSR count). The summed E-state index contributed by atoms with van der Waals surface area (Å²) in [7, 11) is 0. The second-order valence-electron chi connectivity index (χ2n) is 7.97. The Hall–Kier alpha value is -3.31. The predicted molar refractivity (Wildman–Crippen MR) is 120 cm³/mol. The van der Waals surface area contributed by atoms with Gasteiger partial charge in [0.1, 0.15) is 29.5 Å². The van der Waals surface area contributed by atoms with Crippen molar-refractivity contribution in [1.29, 1.82) is 0 Å². The number of carbonyl (C=O) groups excluding carboxylic acids is 2. The molecular formula is C21H23ClFN7O3. The molecule has 33 heavy (non-hydrogen) atoms. The van der Waals surface area contributed by atoms with Gasteiger partial charge in [0.25, 0.3) is 11.5 Å². The summed E-state index contributed by atoms with van der Waals surface area (Å²) in [5.74, 6) is -1.04. The number of fused-ring (bicyclic) bond motifs is 2. The number of pyridine rings is 1. The molecule has 0 saturated carbocycles. The van der Waals surface area contributed by atoms with E-state index in [1.807, 2.05) is 6.92 Å². The molecule has 3 aromatic heterocycles. The van der Waals surface area contributed by atoms with Gasteiger partial charge in [-0.3, -0.25) is 14.4 Å². The fraction of sp³-hybridized carbons (Fsp3) is 0.381. The van der Waals surface area contributed by atoms with Gasteiger partial charge in [-0.1, -0.05) is 6.92 Å². The van der Waals surface area contributed by atoms with Crippen molar-refractivity contribution in [3.63, 3.8) is 0 Å². The molecule has 3 aromatic rings. The number of nitrogens with zero attached hydrogens (tertiary/aromatic N) is 5. The third-order valence-electron chi connectivity index (χ3n) is 5.95. The van der Waals surface area contributed by atoms with Gasteiger partial charge in [0.15, 0.2) is 0 Å². The lowest BCUT2D eigenvalue weighted by Crippen LogP contribution is -2.37. The third-order valence-corrected chi connectivity index (χ3v) is 5.95. The zero-order valence-corrected chi connectivity index (χ0v) is 18.7. The normalized spacial score (nSPS) is 17.3. The van der Waals surface area contributed by atoms with E-state index in [2.05, 4.69) is 20.7 Å². The fourth-order valence-electron chi connectivity index (χ4n) is 4.34. The van der Waals surface area contributed by atoms with Crippen LogP contribution in [0.3, 0.4) is 0 Å². The number of hydrogen-bond acceptors (Lipinski definition) is 6. The van der Waals surface area contributed by atoms with Gasteiger partial charge in [0, 0.05) is 18.7 Å². The van der Waals surface area contributed by atoms with Gasteiger partial charge in [0.2, 0.25) is 5.91 Å². The summed E-state index contributed by atoms with van der Waals surface area (Å²) in [5.41, 5.74) is 1.29. The molecule has 0 aromatic carbocycles. The van der Waals surface area contributed by atoms with Crippen LogP contribution in [-0.4, -0.2) is 55.0 Å². The van der Waals surface area contributed by atoms with Gasteiger partial charge in [-0.2, -0.15) is 9.61 Å². The molecule has 2 N–H and O–H groups in total. The first-order valence-corrected chi connectivity index (χ1v) is 10.5. The van der Waals surface area contributed by atoms with E-state index >= 15 is 0 Å². The molecule has 0 spiro atoms. The van der Waals surface area contributed by atoms with E-state index in [1.165, 1.54) is 16.6 Å². The van der Waals surface area contributed by atoms with Gasteiger partial charge in [-0.15, -0.1) is 12.4 Å². The Morgan fingerprint density at radius 1 is 1.33 bits per heavy atom. The summed E-state index contributed by atoms with van der Waals surface area (Å²) in [4.78, 5) is 44.9.